The van der Waals surface area contributed by atoms with Gasteiger partial charge in [0.15, 0.2) is 0 Å². The zero-order chi connectivity index (χ0) is 17.8. The van der Waals surface area contributed by atoms with E-state index in [-0.39, 0.29) is 11.6 Å². The predicted octanol–water partition coefficient (Wildman–Crippen LogP) is 4.02. The number of anilines is 1. The van der Waals surface area contributed by atoms with E-state index in [2.05, 4.69) is 10.2 Å². The van der Waals surface area contributed by atoms with Gasteiger partial charge in [0.25, 0.3) is 5.69 Å². The van der Waals surface area contributed by atoms with Gasteiger partial charge < -0.3 is 5.32 Å². The van der Waals surface area contributed by atoms with Crippen LogP contribution in [0.3, 0.4) is 0 Å². The Kier molecular flexibility index (Phi) is 5.31. The highest BCUT2D eigenvalue weighted by Crippen LogP contribution is 2.29. The number of amides is 1. The lowest BCUT2D eigenvalue weighted by Crippen LogP contribution is -2.35. The first-order valence-electron chi connectivity index (χ1n) is 8.09. The molecule has 1 aliphatic rings. The lowest BCUT2D eigenvalue weighted by molar-refractivity contribution is -0.384. The minimum atomic E-state index is -0.557. The number of nitrogens with one attached hydrogen (secondary N) is 1. The molecule has 2 aromatic rings. The van der Waals surface area contributed by atoms with Crippen LogP contribution in [0.4, 0.5) is 11.4 Å². The molecule has 1 aliphatic heterocycles. The Hall–Kier alpha value is -2.44. The number of hydrogen-bond donors (Lipinski definition) is 1. The predicted molar refractivity (Wildman–Crippen MR) is 96.7 cm³/mol. The van der Waals surface area contributed by atoms with Crippen LogP contribution in [0, 0.1) is 10.1 Å². The minimum Gasteiger partial charge on any atom is -0.324 e. The van der Waals surface area contributed by atoms with Crippen molar-refractivity contribution in [1.82, 2.24) is 4.90 Å². The Balaban J connectivity index is 1.89. The standard InChI is InChI=1S/C18H18ClN3O3/c19-14-6-8-15(9-7-14)20-18(23)17(21-10-1-2-11-21)13-4-3-5-16(12-13)22(24)25/h3-9,12,17H,1-2,10-11H2,(H,20,23)/t17-/m0/s1. The van der Waals surface area contributed by atoms with E-state index in [1.807, 2.05) is 0 Å². The van der Waals surface area contributed by atoms with Crippen LogP contribution in [0.5, 0.6) is 0 Å². The largest absolute Gasteiger partial charge is 0.324 e. The molecule has 2 aromatic carbocycles. The number of nitro benzene ring substituents is 1. The molecular weight excluding hydrogens is 342 g/mol. The Bertz CT molecular complexity index is 773. The Morgan fingerprint density at radius 2 is 1.84 bits per heavy atom. The maximum absolute atomic E-state index is 12.9. The molecule has 0 bridgehead atoms. The highest BCUT2D eigenvalue weighted by atomic mass is 35.5. The zero-order valence-corrected chi connectivity index (χ0v) is 14.3. The number of rotatable bonds is 5. The molecule has 7 heteroatoms. The molecule has 0 aromatic heterocycles. The number of carbonyl (C=O) groups excluding carboxylic acids is 1. The van der Waals surface area contributed by atoms with Gasteiger partial charge in [-0.15, -0.1) is 0 Å². The van der Waals surface area contributed by atoms with Gasteiger partial charge in [-0.3, -0.25) is 19.8 Å². The molecule has 1 N–H and O–H groups in total. The maximum atomic E-state index is 12.9. The van der Waals surface area contributed by atoms with Crippen molar-refractivity contribution < 1.29 is 9.72 Å². The van der Waals surface area contributed by atoms with Crippen molar-refractivity contribution in [2.75, 3.05) is 18.4 Å². The van der Waals surface area contributed by atoms with Crippen LogP contribution < -0.4 is 5.32 Å². The fourth-order valence-electron chi connectivity index (χ4n) is 3.08. The van der Waals surface area contributed by atoms with Gasteiger partial charge in [0, 0.05) is 22.8 Å². The number of non-ortho nitro benzene ring substituents is 1. The molecule has 130 valence electrons. The molecule has 3 rings (SSSR count). The SMILES string of the molecule is O=C(Nc1ccc(Cl)cc1)[C@H](c1cccc([N+](=O)[O-])c1)N1CCCC1. The number of hydrogen-bond acceptors (Lipinski definition) is 4. The molecule has 0 radical (unpaired) electrons. The molecule has 1 saturated heterocycles. The minimum absolute atomic E-state index is 0.0130. The monoisotopic (exact) mass is 359 g/mol. The second-order valence-electron chi connectivity index (χ2n) is 5.99. The molecule has 0 saturated carbocycles. The fourth-order valence-corrected chi connectivity index (χ4v) is 3.21. The van der Waals surface area contributed by atoms with Crippen LogP contribution in [0.25, 0.3) is 0 Å². The third kappa shape index (κ3) is 4.15. The van der Waals surface area contributed by atoms with Crippen molar-refractivity contribution in [2.45, 2.75) is 18.9 Å². The summed E-state index contributed by atoms with van der Waals surface area (Å²) in [6, 6.07) is 12.6. The van der Waals surface area contributed by atoms with Gasteiger partial charge in [-0.25, -0.2) is 0 Å². The summed E-state index contributed by atoms with van der Waals surface area (Å²) in [5.41, 5.74) is 1.26. The van der Waals surface area contributed by atoms with Gasteiger partial charge in [0.2, 0.25) is 5.91 Å². The molecule has 1 amide bonds. The Morgan fingerprint density at radius 1 is 1.16 bits per heavy atom. The van der Waals surface area contributed by atoms with E-state index in [9.17, 15) is 14.9 Å². The quantitative estimate of drug-likeness (QED) is 0.646. The van der Waals surface area contributed by atoms with Crippen LogP contribution in [0.2, 0.25) is 5.02 Å². The van der Waals surface area contributed by atoms with E-state index < -0.39 is 11.0 Å². The molecule has 6 nitrogen and oxygen atoms in total. The van der Waals surface area contributed by atoms with Gasteiger partial charge in [-0.2, -0.15) is 0 Å². The van der Waals surface area contributed by atoms with Gasteiger partial charge >= 0.3 is 0 Å². The summed E-state index contributed by atoms with van der Waals surface area (Å²) in [6.45, 7) is 1.59. The molecule has 25 heavy (non-hydrogen) atoms. The topological polar surface area (TPSA) is 75.5 Å². The zero-order valence-electron chi connectivity index (χ0n) is 13.5. The average Bonchev–Trinajstić information content (AvgIpc) is 3.11. The summed E-state index contributed by atoms with van der Waals surface area (Å²) in [4.78, 5) is 25.6. The molecular formula is C18H18ClN3O3. The third-order valence-corrected chi connectivity index (χ3v) is 4.51. The first-order valence-corrected chi connectivity index (χ1v) is 8.47. The highest BCUT2D eigenvalue weighted by Gasteiger charge is 2.30. The molecule has 1 atom stereocenters. The summed E-state index contributed by atoms with van der Waals surface area (Å²) in [6.07, 6.45) is 2.03. The third-order valence-electron chi connectivity index (χ3n) is 4.26. The number of halogens is 1. The van der Waals surface area contributed by atoms with E-state index >= 15 is 0 Å². The van der Waals surface area contributed by atoms with Crippen molar-refractivity contribution >= 4 is 28.9 Å². The van der Waals surface area contributed by atoms with E-state index in [1.165, 1.54) is 12.1 Å². The number of nitro groups is 1. The van der Waals surface area contributed by atoms with Crippen LogP contribution >= 0.6 is 11.6 Å². The second-order valence-corrected chi connectivity index (χ2v) is 6.43. The van der Waals surface area contributed by atoms with E-state index in [1.54, 1.807) is 36.4 Å². The fraction of sp³-hybridized carbons (Fsp3) is 0.278. The summed E-state index contributed by atoms with van der Waals surface area (Å²) in [5.74, 6) is -0.204. The normalized spacial score (nSPS) is 15.7. The molecule has 1 heterocycles. The van der Waals surface area contributed by atoms with Crippen LogP contribution in [0.15, 0.2) is 48.5 Å². The first-order chi connectivity index (χ1) is 12.0. The van der Waals surface area contributed by atoms with Crippen molar-refractivity contribution in [3.63, 3.8) is 0 Å². The smallest absolute Gasteiger partial charge is 0.269 e. The summed E-state index contributed by atoms with van der Waals surface area (Å²) >= 11 is 5.87. The second kappa shape index (κ2) is 7.63. The van der Waals surface area contributed by atoms with Crippen molar-refractivity contribution in [1.29, 1.82) is 0 Å². The Morgan fingerprint density at radius 3 is 2.48 bits per heavy atom. The van der Waals surface area contributed by atoms with Crippen molar-refractivity contribution in [3.05, 3.63) is 69.2 Å². The van der Waals surface area contributed by atoms with E-state index in [0.717, 1.165) is 25.9 Å². The number of likely N-dealkylation sites (tertiary alicyclic amines) is 1. The van der Waals surface area contributed by atoms with Crippen LogP contribution in [0.1, 0.15) is 24.4 Å². The van der Waals surface area contributed by atoms with Crippen LogP contribution in [-0.2, 0) is 4.79 Å². The number of benzene rings is 2. The summed E-state index contributed by atoms with van der Waals surface area (Å²) < 4.78 is 0. The lowest BCUT2D eigenvalue weighted by atomic mass is 10.0. The van der Waals surface area contributed by atoms with E-state index in [0.29, 0.717) is 16.3 Å². The van der Waals surface area contributed by atoms with E-state index in [4.69, 9.17) is 11.6 Å². The molecule has 1 fully saturated rings. The van der Waals surface area contributed by atoms with Gasteiger partial charge in [0.05, 0.1) is 4.92 Å². The molecule has 0 spiro atoms. The van der Waals surface area contributed by atoms with Crippen LogP contribution in [-0.4, -0.2) is 28.8 Å². The van der Waals surface area contributed by atoms with Gasteiger partial charge in [0.1, 0.15) is 6.04 Å². The van der Waals surface area contributed by atoms with Gasteiger partial charge in [-0.1, -0.05) is 23.7 Å². The first kappa shape index (κ1) is 17.4. The highest BCUT2D eigenvalue weighted by molar-refractivity contribution is 6.30. The summed E-state index contributed by atoms with van der Waals surface area (Å²) in [5, 5.41) is 14.5. The number of nitrogens with zero attached hydrogens (tertiary/aromatic N) is 2. The molecule has 0 aliphatic carbocycles. The van der Waals surface area contributed by atoms with Gasteiger partial charge in [-0.05, 0) is 55.8 Å². The lowest BCUT2D eigenvalue weighted by Gasteiger charge is -2.26. The van der Waals surface area contributed by atoms with Crippen molar-refractivity contribution in [3.8, 4) is 0 Å². The summed E-state index contributed by atoms with van der Waals surface area (Å²) in [7, 11) is 0. The Labute approximate surface area is 150 Å². The maximum Gasteiger partial charge on any atom is 0.269 e. The van der Waals surface area contributed by atoms with Crippen molar-refractivity contribution in [2.24, 2.45) is 0 Å². The number of carbonyl (C=O) groups is 1. The average molecular weight is 360 g/mol. The molecule has 0 unspecified atom stereocenters.